The third-order valence-corrected chi connectivity index (χ3v) is 3.10. The van der Waals surface area contributed by atoms with Crippen molar-refractivity contribution in [3.8, 4) is 16.3 Å². The molecule has 0 bridgehead atoms. The molecule has 0 aliphatic rings. The van der Waals surface area contributed by atoms with Gasteiger partial charge in [0.2, 0.25) is 5.95 Å². The molecule has 0 spiro atoms. The van der Waals surface area contributed by atoms with Gasteiger partial charge >= 0.3 is 0 Å². The Morgan fingerprint density at radius 1 is 1.38 bits per heavy atom. The highest BCUT2D eigenvalue weighted by molar-refractivity contribution is 7.09. The summed E-state index contributed by atoms with van der Waals surface area (Å²) in [7, 11) is 0. The first-order valence-electron chi connectivity index (χ1n) is 4.64. The minimum absolute atomic E-state index is 0.234. The first-order valence-corrected chi connectivity index (χ1v) is 5.41. The van der Waals surface area contributed by atoms with Gasteiger partial charge in [-0.15, -0.1) is 0 Å². The van der Waals surface area contributed by atoms with Gasteiger partial charge in [0.15, 0.2) is 0 Å². The number of hydrogen-bond donors (Lipinski definition) is 3. The van der Waals surface area contributed by atoms with Crippen LogP contribution in [0.25, 0.3) is 21.5 Å². The van der Waals surface area contributed by atoms with Gasteiger partial charge in [0.05, 0.1) is 0 Å². The summed E-state index contributed by atoms with van der Waals surface area (Å²) in [4.78, 5) is 7.20. The summed E-state index contributed by atoms with van der Waals surface area (Å²) in [6.07, 6.45) is 1.84. The van der Waals surface area contributed by atoms with Gasteiger partial charge in [-0.25, -0.2) is 0 Å². The Morgan fingerprint density at radius 2 is 2.25 bits per heavy atom. The Balaban J connectivity index is 2.25. The zero-order valence-electron chi connectivity index (χ0n) is 8.14. The summed E-state index contributed by atoms with van der Waals surface area (Å²) < 4.78 is 3.94. The highest BCUT2D eigenvalue weighted by Crippen LogP contribution is 2.31. The van der Waals surface area contributed by atoms with Crippen LogP contribution in [0.1, 0.15) is 0 Å². The average molecular weight is 232 g/mol. The summed E-state index contributed by atoms with van der Waals surface area (Å²) >= 11 is 1.26. The van der Waals surface area contributed by atoms with Crippen molar-refractivity contribution in [1.82, 2.24) is 14.3 Å². The standard InChI is InChI=1S/C10H8N4OS/c11-10-13-9(16-14-10)7-4-12-8-3-5(15)1-2-6(7)8/h1-4,12,15H,(H2,11,14). The van der Waals surface area contributed by atoms with Gasteiger partial charge in [-0.05, 0) is 23.7 Å². The molecule has 0 aliphatic heterocycles. The quantitative estimate of drug-likeness (QED) is 0.598. The van der Waals surface area contributed by atoms with Gasteiger partial charge in [-0.3, -0.25) is 0 Å². The lowest BCUT2D eigenvalue weighted by molar-refractivity contribution is 0.476. The fourth-order valence-electron chi connectivity index (χ4n) is 1.64. The molecule has 0 unspecified atom stereocenters. The number of fused-ring (bicyclic) bond motifs is 1. The second-order valence-corrected chi connectivity index (χ2v) is 4.14. The summed E-state index contributed by atoms with van der Waals surface area (Å²) in [6, 6.07) is 5.15. The van der Waals surface area contributed by atoms with E-state index in [1.165, 1.54) is 11.5 Å². The largest absolute Gasteiger partial charge is 0.508 e. The molecular weight excluding hydrogens is 224 g/mol. The first-order chi connectivity index (χ1) is 7.74. The van der Waals surface area contributed by atoms with Crippen molar-refractivity contribution in [2.75, 3.05) is 5.73 Å². The van der Waals surface area contributed by atoms with Crippen LogP contribution >= 0.6 is 11.5 Å². The van der Waals surface area contributed by atoms with E-state index in [1.807, 2.05) is 12.3 Å². The van der Waals surface area contributed by atoms with Crippen LogP contribution in [0.4, 0.5) is 5.95 Å². The summed E-state index contributed by atoms with van der Waals surface area (Å²) in [6.45, 7) is 0. The topological polar surface area (TPSA) is 87.8 Å². The molecule has 2 aromatic heterocycles. The predicted molar refractivity (Wildman–Crippen MR) is 63.3 cm³/mol. The average Bonchev–Trinajstić information content (AvgIpc) is 2.83. The minimum Gasteiger partial charge on any atom is -0.508 e. The van der Waals surface area contributed by atoms with Gasteiger partial charge in [0.25, 0.3) is 0 Å². The molecule has 1 aromatic carbocycles. The number of nitrogens with one attached hydrogen (secondary N) is 1. The van der Waals surface area contributed by atoms with Gasteiger partial charge in [-0.1, -0.05) is 0 Å². The molecule has 0 saturated carbocycles. The predicted octanol–water partition coefficient (Wildman–Crippen LogP) is 1.97. The molecule has 6 heteroatoms. The number of aromatic nitrogens is 3. The number of nitrogens with two attached hydrogens (primary N) is 1. The van der Waals surface area contributed by atoms with E-state index in [0.717, 1.165) is 21.5 Å². The zero-order chi connectivity index (χ0) is 11.1. The van der Waals surface area contributed by atoms with Crippen molar-refractivity contribution in [2.45, 2.75) is 0 Å². The van der Waals surface area contributed by atoms with Crippen LogP contribution in [-0.2, 0) is 0 Å². The van der Waals surface area contributed by atoms with E-state index in [0.29, 0.717) is 0 Å². The number of anilines is 1. The number of nitrogen functional groups attached to an aromatic ring is 1. The highest BCUT2D eigenvalue weighted by atomic mass is 32.1. The number of phenolic OH excluding ortho intramolecular Hbond substituents is 1. The van der Waals surface area contributed by atoms with Crippen LogP contribution in [-0.4, -0.2) is 19.4 Å². The monoisotopic (exact) mass is 232 g/mol. The smallest absolute Gasteiger partial charge is 0.232 e. The molecule has 3 rings (SSSR count). The zero-order valence-corrected chi connectivity index (χ0v) is 8.95. The third kappa shape index (κ3) is 1.31. The maximum Gasteiger partial charge on any atom is 0.232 e. The normalized spacial score (nSPS) is 11.0. The lowest BCUT2D eigenvalue weighted by atomic mass is 10.2. The molecule has 0 amide bonds. The number of nitrogens with zero attached hydrogens (tertiary/aromatic N) is 2. The SMILES string of the molecule is Nc1nsc(-c2c[nH]c3cc(O)ccc23)n1. The van der Waals surface area contributed by atoms with Crippen molar-refractivity contribution in [2.24, 2.45) is 0 Å². The number of aromatic amines is 1. The van der Waals surface area contributed by atoms with Crippen molar-refractivity contribution in [3.05, 3.63) is 24.4 Å². The molecular formula is C10H8N4OS. The van der Waals surface area contributed by atoms with E-state index >= 15 is 0 Å². The summed E-state index contributed by atoms with van der Waals surface area (Å²) in [5.41, 5.74) is 7.30. The second kappa shape index (κ2) is 3.21. The van der Waals surface area contributed by atoms with Gasteiger partial charge < -0.3 is 15.8 Å². The molecule has 0 aliphatic carbocycles. The molecule has 80 valence electrons. The Kier molecular flexibility index (Phi) is 1.84. The molecule has 0 radical (unpaired) electrons. The minimum atomic E-state index is 0.234. The molecule has 2 heterocycles. The van der Waals surface area contributed by atoms with Crippen molar-refractivity contribution >= 4 is 28.4 Å². The number of aromatic hydroxyl groups is 1. The van der Waals surface area contributed by atoms with E-state index in [-0.39, 0.29) is 11.7 Å². The number of H-pyrrole nitrogens is 1. The maximum atomic E-state index is 9.35. The Hall–Kier alpha value is -2.08. The molecule has 0 fully saturated rings. The van der Waals surface area contributed by atoms with E-state index in [9.17, 15) is 5.11 Å². The highest BCUT2D eigenvalue weighted by Gasteiger charge is 2.10. The number of rotatable bonds is 1. The first kappa shape index (κ1) is 9.17. The Bertz CT molecular complexity index is 658. The van der Waals surface area contributed by atoms with E-state index in [2.05, 4.69) is 14.3 Å². The molecule has 4 N–H and O–H groups in total. The second-order valence-electron chi connectivity index (χ2n) is 3.39. The number of hydrogen-bond acceptors (Lipinski definition) is 5. The van der Waals surface area contributed by atoms with Crippen molar-refractivity contribution in [3.63, 3.8) is 0 Å². The molecule has 16 heavy (non-hydrogen) atoms. The Labute approximate surface area is 94.7 Å². The fourth-order valence-corrected chi connectivity index (χ4v) is 2.26. The van der Waals surface area contributed by atoms with Crippen molar-refractivity contribution in [1.29, 1.82) is 0 Å². The van der Waals surface area contributed by atoms with E-state index in [4.69, 9.17) is 5.73 Å². The lowest BCUT2D eigenvalue weighted by Crippen LogP contribution is -1.85. The molecule has 3 aromatic rings. The van der Waals surface area contributed by atoms with Crippen LogP contribution < -0.4 is 5.73 Å². The maximum absolute atomic E-state index is 9.35. The van der Waals surface area contributed by atoms with Crippen molar-refractivity contribution < 1.29 is 5.11 Å². The van der Waals surface area contributed by atoms with Gasteiger partial charge in [0.1, 0.15) is 10.8 Å². The van der Waals surface area contributed by atoms with Crippen LogP contribution in [0.2, 0.25) is 0 Å². The fraction of sp³-hybridized carbons (Fsp3) is 0. The summed E-state index contributed by atoms with van der Waals surface area (Å²) in [5, 5.41) is 11.1. The van der Waals surface area contributed by atoms with Crippen LogP contribution in [0.3, 0.4) is 0 Å². The lowest BCUT2D eigenvalue weighted by Gasteiger charge is -1.94. The van der Waals surface area contributed by atoms with Crippen LogP contribution in [0, 0.1) is 0 Å². The number of phenols is 1. The molecule has 0 saturated heterocycles. The summed E-state index contributed by atoms with van der Waals surface area (Å²) in [5.74, 6) is 0.519. The third-order valence-electron chi connectivity index (χ3n) is 2.34. The number of benzene rings is 1. The van der Waals surface area contributed by atoms with Crippen LogP contribution in [0.15, 0.2) is 24.4 Å². The van der Waals surface area contributed by atoms with Gasteiger partial charge in [-0.2, -0.15) is 9.36 Å². The van der Waals surface area contributed by atoms with Gasteiger partial charge in [0, 0.05) is 28.7 Å². The van der Waals surface area contributed by atoms with E-state index < -0.39 is 0 Å². The molecule has 5 nitrogen and oxygen atoms in total. The van der Waals surface area contributed by atoms with E-state index in [1.54, 1.807) is 12.1 Å². The van der Waals surface area contributed by atoms with Crippen LogP contribution in [0.5, 0.6) is 5.75 Å². The molecule has 0 atom stereocenters. The Morgan fingerprint density at radius 3 is 3.00 bits per heavy atom.